The van der Waals surface area contributed by atoms with E-state index in [0.29, 0.717) is 5.52 Å². The summed E-state index contributed by atoms with van der Waals surface area (Å²) in [5.74, 6) is -4.06. The van der Waals surface area contributed by atoms with E-state index in [0.717, 1.165) is 5.56 Å². The second-order valence-corrected chi connectivity index (χ2v) is 17.7. The van der Waals surface area contributed by atoms with Gasteiger partial charge in [-0.15, -0.1) is 0 Å². The Morgan fingerprint density at radius 2 is 1.62 bits per heavy atom. The average Bonchev–Trinajstić information content (AvgIpc) is 3.63. The molecule has 0 unspecified atom stereocenters. The van der Waals surface area contributed by atoms with E-state index in [4.69, 9.17) is 33.5 Å². The van der Waals surface area contributed by atoms with Crippen molar-refractivity contribution in [3.8, 4) is 11.8 Å². The summed E-state index contributed by atoms with van der Waals surface area (Å²) in [6.07, 6.45) is -1.95. The number of aliphatic carboxylic acids is 2. The van der Waals surface area contributed by atoms with E-state index in [1.807, 2.05) is 20.8 Å². The lowest BCUT2D eigenvalue weighted by Gasteiger charge is -2.35. The number of hydrogen-bond acceptors (Lipinski definition) is 14. The number of anilines is 1. The molecule has 0 radical (unpaired) electrons. The molecular weight excluding hydrogens is 737 g/mol. The minimum atomic E-state index is -4.72. The maximum absolute atomic E-state index is 14.4. The smallest absolute Gasteiger partial charge is 0.481 e. The second kappa shape index (κ2) is 16.2. The number of benzene rings is 1. The van der Waals surface area contributed by atoms with Crippen LogP contribution in [0.3, 0.4) is 0 Å². The lowest BCUT2D eigenvalue weighted by atomic mass is 9.66. The highest BCUT2D eigenvalue weighted by molar-refractivity contribution is 7.48. The van der Waals surface area contributed by atoms with Gasteiger partial charge in [-0.05, 0) is 95.5 Å². The van der Waals surface area contributed by atoms with Crippen molar-refractivity contribution < 1.29 is 56.9 Å². The number of fused-ring (bicyclic) bond motifs is 1. The number of nitrogens with two attached hydrogens (primary N) is 1. The van der Waals surface area contributed by atoms with Gasteiger partial charge in [0.05, 0.1) is 35.3 Å². The van der Waals surface area contributed by atoms with Gasteiger partial charge in [0.2, 0.25) is 6.79 Å². The first-order valence-electron chi connectivity index (χ1n) is 17.6. The number of phosphoric acid groups is 1. The molecule has 2 aromatic heterocycles. The Morgan fingerprint density at radius 3 is 2.18 bits per heavy atom. The number of carboxylic acids is 2. The van der Waals surface area contributed by atoms with Crippen LogP contribution in [0.5, 0.6) is 5.75 Å². The molecule has 17 nitrogen and oxygen atoms in total. The van der Waals surface area contributed by atoms with Crippen LogP contribution in [0.2, 0.25) is 0 Å². The van der Waals surface area contributed by atoms with E-state index in [1.165, 1.54) is 38.5 Å². The van der Waals surface area contributed by atoms with Gasteiger partial charge in [-0.2, -0.15) is 10.4 Å². The summed E-state index contributed by atoms with van der Waals surface area (Å²) in [5, 5.41) is 35.8. The number of nitrogens with zero attached hydrogens (tertiary/aromatic N) is 4. The summed E-state index contributed by atoms with van der Waals surface area (Å²) in [5.41, 5.74) is 2.54. The van der Waals surface area contributed by atoms with Gasteiger partial charge in [-0.3, -0.25) is 14.1 Å². The van der Waals surface area contributed by atoms with Crippen LogP contribution in [0.15, 0.2) is 42.7 Å². The number of rotatable bonds is 16. The van der Waals surface area contributed by atoms with E-state index < -0.39 is 79.8 Å². The van der Waals surface area contributed by atoms with Crippen molar-refractivity contribution in [1.82, 2.24) is 14.6 Å². The van der Waals surface area contributed by atoms with Crippen LogP contribution in [0.25, 0.3) is 5.52 Å². The van der Waals surface area contributed by atoms with E-state index in [1.54, 1.807) is 50.2 Å². The van der Waals surface area contributed by atoms with Crippen molar-refractivity contribution in [2.45, 2.75) is 98.4 Å². The highest BCUT2D eigenvalue weighted by Crippen LogP contribution is 2.57. The molecule has 55 heavy (non-hydrogen) atoms. The highest BCUT2D eigenvalue weighted by atomic mass is 31.2. The molecular formula is C37H50N5O12P. The van der Waals surface area contributed by atoms with Crippen molar-refractivity contribution >= 4 is 37.3 Å². The molecule has 1 aliphatic heterocycles. The predicted molar refractivity (Wildman–Crippen MR) is 197 cm³/mol. The summed E-state index contributed by atoms with van der Waals surface area (Å²) in [4.78, 5) is 41.2. The molecule has 0 amide bonds. The summed E-state index contributed by atoms with van der Waals surface area (Å²) in [6, 6.07) is 12.1. The van der Waals surface area contributed by atoms with Gasteiger partial charge >= 0.3 is 25.9 Å². The fourth-order valence-corrected chi connectivity index (χ4v) is 7.50. The average molecular weight is 788 g/mol. The number of nitriles is 1. The van der Waals surface area contributed by atoms with Crippen LogP contribution >= 0.6 is 7.82 Å². The Hall–Kier alpha value is -4.75. The minimum absolute atomic E-state index is 0.0846. The third-order valence-corrected chi connectivity index (χ3v) is 10.9. The van der Waals surface area contributed by atoms with Gasteiger partial charge in [-0.1, -0.05) is 32.9 Å². The zero-order chi connectivity index (χ0) is 41.1. The number of carboxylic acid groups (broad SMARTS) is 2. The molecule has 0 aliphatic carbocycles. The highest BCUT2D eigenvalue weighted by Gasteiger charge is 2.61. The Balaban J connectivity index is 1.80. The normalized spacial score (nSPS) is 21.5. The number of ether oxygens (including phenoxy) is 3. The van der Waals surface area contributed by atoms with Crippen molar-refractivity contribution in [3.05, 3.63) is 54.0 Å². The minimum Gasteiger partial charge on any atom is -0.481 e. The first kappa shape index (κ1) is 43.0. The van der Waals surface area contributed by atoms with E-state index in [2.05, 4.69) is 16.2 Å². The Labute approximate surface area is 319 Å². The molecule has 4 rings (SSSR count). The maximum atomic E-state index is 14.4. The molecule has 1 fully saturated rings. The number of aromatic nitrogens is 3. The number of hydrogen-bond donors (Lipinski definition) is 3. The molecule has 3 aromatic rings. The summed E-state index contributed by atoms with van der Waals surface area (Å²) in [7, 11) is -4.72. The lowest BCUT2D eigenvalue weighted by molar-refractivity contribution is -0.150. The van der Waals surface area contributed by atoms with Gasteiger partial charge in [0.15, 0.2) is 11.4 Å². The topological polar surface area (TPSA) is 244 Å². The Bertz CT molecular complexity index is 1970. The molecule has 18 heteroatoms. The summed E-state index contributed by atoms with van der Waals surface area (Å²) < 4.78 is 49.4. The van der Waals surface area contributed by atoms with Crippen molar-refractivity contribution in [2.75, 3.05) is 19.1 Å². The molecule has 0 saturated carbocycles. The van der Waals surface area contributed by atoms with Gasteiger partial charge in [0.25, 0.3) is 0 Å². The van der Waals surface area contributed by atoms with Gasteiger partial charge in [-0.25, -0.2) is 23.4 Å². The standard InChI is InChI=1S/C37H50N5O12P/c1-22(2)52-33(47)49-21-51-55(48,54-24-12-10-23(11-13-24)34(3,4)5)50-18-28-25(16-35(6,7)31(43)44)26(17-36(8,9)32(45)46)37(19-38,53-28)29-15-14-27-30(39)40-20-41-42(27)29/h10-15,20,22,25-26,28H,16-18,21H2,1-9H3,(H,43,44)(H,45,46)(H2,39,40,41)/t25-,26-,28+,37-,55+/m1/s1. The molecule has 1 aliphatic rings. The maximum Gasteiger partial charge on any atom is 0.533 e. The number of phosphoric ester groups is 1. The molecule has 0 spiro atoms. The number of carbonyl (C=O) groups excluding carboxylic acids is 1. The van der Waals surface area contributed by atoms with Gasteiger partial charge < -0.3 is 34.7 Å². The third-order valence-electron chi connectivity index (χ3n) is 9.57. The molecule has 300 valence electrons. The monoisotopic (exact) mass is 787 g/mol. The fourth-order valence-electron chi connectivity index (χ4n) is 6.43. The van der Waals surface area contributed by atoms with Gasteiger partial charge in [0.1, 0.15) is 23.7 Å². The molecule has 5 atom stereocenters. The van der Waals surface area contributed by atoms with Crippen LogP contribution in [-0.4, -0.2) is 68.5 Å². The first-order valence-corrected chi connectivity index (χ1v) is 19.1. The van der Waals surface area contributed by atoms with Crippen molar-refractivity contribution in [2.24, 2.45) is 22.7 Å². The van der Waals surface area contributed by atoms with Crippen LogP contribution in [0.1, 0.15) is 86.4 Å². The fraction of sp³-hybridized carbons (Fsp3) is 0.568. The van der Waals surface area contributed by atoms with Gasteiger partial charge in [0, 0.05) is 5.92 Å². The van der Waals surface area contributed by atoms with Crippen LogP contribution in [0, 0.1) is 34.0 Å². The molecule has 3 heterocycles. The first-order chi connectivity index (χ1) is 25.4. The van der Waals surface area contributed by atoms with E-state index in [9.17, 15) is 34.4 Å². The predicted octanol–water partition coefficient (Wildman–Crippen LogP) is 6.70. The SMILES string of the molecule is CC(C)OC(=O)OCO[P@](=O)(OC[C@@H]1O[C@@](C#N)(c2ccc3c(N)ncnn23)[C@H](CC(C)(C)C(=O)O)[C@H]1CC(C)(C)C(=O)O)Oc1ccc(C(C)(C)C)cc1. The zero-order valence-electron chi connectivity index (χ0n) is 32.5. The van der Waals surface area contributed by atoms with Crippen molar-refractivity contribution in [1.29, 1.82) is 5.26 Å². The molecule has 1 saturated heterocycles. The third kappa shape index (κ3) is 9.74. The van der Waals surface area contributed by atoms with Crippen LogP contribution in [-0.2, 0) is 48.4 Å². The number of carbonyl (C=O) groups is 3. The van der Waals surface area contributed by atoms with Crippen LogP contribution in [0.4, 0.5) is 10.6 Å². The zero-order valence-corrected chi connectivity index (χ0v) is 33.4. The molecule has 0 bridgehead atoms. The van der Waals surface area contributed by atoms with Crippen molar-refractivity contribution in [3.63, 3.8) is 0 Å². The summed E-state index contributed by atoms with van der Waals surface area (Å²) in [6.45, 7) is 13.7. The van der Waals surface area contributed by atoms with E-state index in [-0.39, 0.29) is 35.5 Å². The summed E-state index contributed by atoms with van der Waals surface area (Å²) >= 11 is 0. The lowest BCUT2D eigenvalue weighted by Crippen LogP contribution is -2.41. The largest absolute Gasteiger partial charge is 0.533 e. The molecule has 1 aromatic carbocycles. The second-order valence-electron chi connectivity index (χ2n) is 16.1. The Morgan fingerprint density at radius 1 is 1.00 bits per heavy atom. The van der Waals surface area contributed by atoms with Crippen LogP contribution < -0.4 is 10.3 Å². The Kier molecular flexibility index (Phi) is 12.6. The number of nitrogen functional groups attached to an aromatic ring is 1. The quantitative estimate of drug-likeness (QED) is 0.0776. The van der Waals surface area contributed by atoms with E-state index >= 15 is 0 Å². The molecule has 4 N–H and O–H groups in total.